The molecule has 3 N–H and O–H groups in total. The molecule has 1 atom stereocenters. The van der Waals surface area contributed by atoms with E-state index >= 15 is 0 Å². The van der Waals surface area contributed by atoms with Crippen LogP contribution in [0.2, 0.25) is 0 Å². The van der Waals surface area contributed by atoms with Crippen LogP contribution in [0.15, 0.2) is 30.5 Å². The minimum atomic E-state index is -0.465. The Morgan fingerprint density at radius 3 is 2.54 bits per heavy atom. The van der Waals surface area contributed by atoms with Crippen molar-refractivity contribution in [2.24, 2.45) is 5.73 Å². The number of carbonyl (C=O) groups is 1. The fraction of sp³-hybridized carbons (Fsp3) is 0.471. The standard InChI is InChI=1S/C17H24N4O.2ClH/c1-2-20-7-9-21(10-8-20)17(22)15(18)11-13-12-19-16-6-4-3-5-14(13)16;;/h3-6,12,15,19H,2,7-11,18H2,1H3;2*1H/t15-;;/m0../s1. The smallest absolute Gasteiger partial charge is 0.239 e. The molecule has 1 fully saturated rings. The number of fused-ring (bicyclic) bond motifs is 1. The molecule has 134 valence electrons. The molecule has 1 aromatic carbocycles. The van der Waals surface area contributed by atoms with Crippen molar-refractivity contribution in [1.82, 2.24) is 14.8 Å². The first kappa shape index (κ1) is 20.8. The van der Waals surface area contributed by atoms with Gasteiger partial charge in [-0.05, 0) is 24.6 Å². The second-order valence-corrected chi connectivity index (χ2v) is 5.93. The first-order valence-corrected chi connectivity index (χ1v) is 8.00. The Morgan fingerprint density at radius 1 is 1.21 bits per heavy atom. The van der Waals surface area contributed by atoms with Gasteiger partial charge in [0.05, 0.1) is 6.04 Å². The number of benzene rings is 1. The summed E-state index contributed by atoms with van der Waals surface area (Å²) in [6, 6.07) is 7.65. The molecule has 0 radical (unpaired) electrons. The molecule has 5 nitrogen and oxygen atoms in total. The molecule has 1 aromatic heterocycles. The van der Waals surface area contributed by atoms with E-state index in [0.717, 1.165) is 49.2 Å². The zero-order valence-electron chi connectivity index (χ0n) is 13.9. The lowest BCUT2D eigenvalue weighted by atomic mass is 10.0. The highest BCUT2D eigenvalue weighted by Crippen LogP contribution is 2.19. The Morgan fingerprint density at radius 2 is 1.88 bits per heavy atom. The quantitative estimate of drug-likeness (QED) is 0.862. The average molecular weight is 373 g/mol. The first-order chi connectivity index (χ1) is 10.7. The van der Waals surface area contributed by atoms with Crippen LogP contribution in [-0.4, -0.2) is 59.5 Å². The monoisotopic (exact) mass is 372 g/mol. The van der Waals surface area contributed by atoms with Crippen LogP contribution in [0.1, 0.15) is 12.5 Å². The van der Waals surface area contributed by atoms with Gasteiger partial charge in [0.15, 0.2) is 0 Å². The van der Waals surface area contributed by atoms with Crippen LogP contribution in [0.25, 0.3) is 10.9 Å². The number of nitrogens with two attached hydrogens (primary N) is 1. The number of carbonyl (C=O) groups excluding carboxylic acids is 1. The van der Waals surface area contributed by atoms with Gasteiger partial charge in [-0.25, -0.2) is 0 Å². The molecule has 1 aliphatic rings. The van der Waals surface area contributed by atoms with Gasteiger partial charge in [-0.3, -0.25) is 4.79 Å². The largest absolute Gasteiger partial charge is 0.361 e. The molecule has 0 aliphatic carbocycles. The summed E-state index contributed by atoms with van der Waals surface area (Å²) in [5.74, 6) is 0.0704. The molecule has 1 amide bonds. The Kier molecular flexibility index (Phi) is 8.03. The molecule has 0 saturated carbocycles. The van der Waals surface area contributed by atoms with Gasteiger partial charge in [-0.1, -0.05) is 25.1 Å². The van der Waals surface area contributed by atoms with E-state index in [2.05, 4.69) is 22.9 Å². The number of hydrogen-bond acceptors (Lipinski definition) is 3. The predicted octanol–water partition coefficient (Wildman–Crippen LogP) is 2.05. The molecule has 1 saturated heterocycles. The summed E-state index contributed by atoms with van der Waals surface area (Å²) >= 11 is 0. The number of hydrogen-bond donors (Lipinski definition) is 2. The number of nitrogens with zero attached hydrogens (tertiary/aromatic N) is 2. The summed E-state index contributed by atoms with van der Waals surface area (Å²) in [5, 5.41) is 1.15. The number of likely N-dealkylation sites (N-methyl/N-ethyl adjacent to an activating group) is 1. The molecule has 7 heteroatoms. The normalized spacial score (nSPS) is 16.3. The fourth-order valence-corrected chi connectivity index (χ4v) is 3.14. The molecule has 0 unspecified atom stereocenters. The van der Waals surface area contributed by atoms with Gasteiger partial charge < -0.3 is 20.5 Å². The molecular formula is C17H26Cl2N4O. The number of piperazine rings is 1. The van der Waals surface area contributed by atoms with Crippen LogP contribution >= 0.6 is 24.8 Å². The fourth-order valence-electron chi connectivity index (χ4n) is 3.14. The van der Waals surface area contributed by atoms with Crippen molar-refractivity contribution in [3.05, 3.63) is 36.0 Å². The van der Waals surface area contributed by atoms with E-state index in [1.54, 1.807) is 0 Å². The summed E-state index contributed by atoms with van der Waals surface area (Å²) in [5.41, 5.74) is 8.38. The van der Waals surface area contributed by atoms with Gasteiger partial charge in [0, 0.05) is 43.3 Å². The van der Waals surface area contributed by atoms with E-state index in [0.29, 0.717) is 6.42 Å². The number of H-pyrrole nitrogens is 1. The van der Waals surface area contributed by atoms with Crippen LogP contribution < -0.4 is 5.73 Å². The van der Waals surface area contributed by atoms with Crippen molar-refractivity contribution < 1.29 is 4.79 Å². The highest BCUT2D eigenvalue weighted by molar-refractivity contribution is 5.86. The van der Waals surface area contributed by atoms with Gasteiger partial charge in [0.2, 0.25) is 5.91 Å². The zero-order chi connectivity index (χ0) is 15.5. The van der Waals surface area contributed by atoms with Crippen LogP contribution in [0.3, 0.4) is 0 Å². The minimum absolute atomic E-state index is 0. The molecule has 1 aliphatic heterocycles. The Labute approximate surface area is 155 Å². The molecular weight excluding hydrogens is 347 g/mol. The maximum absolute atomic E-state index is 12.5. The van der Waals surface area contributed by atoms with Crippen molar-refractivity contribution in [1.29, 1.82) is 0 Å². The third-order valence-corrected chi connectivity index (χ3v) is 4.56. The van der Waals surface area contributed by atoms with Crippen molar-refractivity contribution in [2.45, 2.75) is 19.4 Å². The number of halogens is 2. The SMILES string of the molecule is CCN1CCN(C(=O)[C@@H](N)Cc2c[nH]c3ccccc23)CC1.Cl.Cl. The average Bonchev–Trinajstić information content (AvgIpc) is 2.97. The number of amides is 1. The molecule has 2 aromatic rings. The summed E-state index contributed by atoms with van der Waals surface area (Å²) in [6.45, 7) is 6.66. The van der Waals surface area contributed by atoms with Gasteiger partial charge >= 0.3 is 0 Å². The van der Waals surface area contributed by atoms with Crippen LogP contribution in [-0.2, 0) is 11.2 Å². The number of para-hydroxylation sites is 1. The lowest BCUT2D eigenvalue weighted by molar-refractivity contribution is -0.134. The molecule has 0 spiro atoms. The zero-order valence-corrected chi connectivity index (χ0v) is 15.5. The van der Waals surface area contributed by atoms with Gasteiger partial charge in [0.25, 0.3) is 0 Å². The van der Waals surface area contributed by atoms with Crippen LogP contribution in [0.5, 0.6) is 0 Å². The van der Waals surface area contributed by atoms with E-state index in [9.17, 15) is 4.79 Å². The number of rotatable bonds is 4. The van der Waals surface area contributed by atoms with Gasteiger partial charge in [-0.15, -0.1) is 24.8 Å². The summed E-state index contributed by atoms with van der Waals surface area (Å²) in [6.07, 6.45) is 2.55. The lowest BCUT2D eigenvalue weighted by Gasteiger charge is -2.35. The maximum atomic E-state index is 12.5. The first-order valence-electron chi connectivity index (χ1n) is 8.00. The van der Waals surface area contributed by atoms with E-state index in [4.69, 9.17) is 5.73 Å². The third-order valence-electron chi connectivity index (χ3n) is 4.56. The van der Waals surface area contributed by atoms with Gasteiger partial charge in [-0.2, -0.15) is 0 Å². The van der Waals surface area contributed by atoms with Gasteiger partial charge in [0.1, 0.15) is 0 Å². The van der Waals surface area contributed by atoms with Crippen molar-refractivity contribution in [3.8, 4) is 0 Å². The van der Waals surface area contributed by atoms with E-state index in [-0.39, 0.29) is 30.7 Å². The van der Waals surface area contributed by atoms with Crippen LogP contribution in [0.4, 0.5) is 0 Å². The number of aromatic nitrogens is 1. The third kappa shape index (κ3) is 4.42. The topological polar surface area (TPSA) is 65.4 Å². The van der Waals surface area contributed by atoms with E-state index < -0.39 is 6.04 Å². The molecule has 2 heterocycles. The number of nitrogens with one attached hydrogen (secondary N) is 1. The highest BCUT2D eigenvalue weighted by Gasteiger charge is 2.25. The maximum Gasteiger partial charge on any atom is 0.239 e. The molecule has 0 bridgehead atoms. The summed E-state index contributed by atoms with van der Waals surface area (Å²) in [4.78, 5) is 20.0. The minimum Gasteiger partial charge on any atom is -0.361 e. The predicted molar refractivity (Wildman–Crippen MR) is 103 cm³/mol. The Balaban J connectivity index is 0.00000144. The number of aromatic amines is 1. The van der Waals surface area contributed by atoms with Crippen molar-refractivity contribution in [2.75, 3.05) is 32.7 Å². The highest BCUT2D eigenvalue weighted by atomic mass is 35.5. The second-order valence-electron chi connectivity index (χ2n) is 5.93. The Bertz CT molecular complexity index is 653. The summed E-state index contributed by atoms with van der Waals surface area (Å²) in [7, 11) is 0. The van der Waals surface area contributed by atoms with Crippen molar-refractivity contribution >= 4 is 41.6 Å². The molecule has 24 heavy (non-hydrogen) atoms. The Hall–Kier alpha value is -1.27. The van der Waals surface area contributed by atoms with Crippen molar-refractivity contribution in [3.63, 3.8) is 0 Å². The lowest BCUT2D eigenvalue weighted by Crippen LogP contribution is -2.53. The van der Waals surface area contributed by atoms with Crippen LogP contribution in [0, 0.1) is 0 Å². The summed E-state index contributed by atoms with van der Waals surface area (Å²) < 4.78 is 0. The van der Waals surface area contributed by atoms with E-state index in [1.165, 1.54) is 0 Å². The second kappa shape index (κ2) is 9.28. The van der Waals surface area contributed by atoms with E-state index in [1.807, 2.05) is 29.3 Å². The molecule has 3 rings (SSSR count).